The van der Waals surface area contributed by atoms with E-state index in [9.17, 15) is 31.1 Å². The van der Waals surface area contributed by atoms with Gasteiger partial charge in [0.2, 0.25) is 5.91 Å². The molecule has 3 nitrogen and oxygen atoms in total. The van der Waals surface area contributed by atoms with Crippen LogP contribution >= 0.6 is 0 Å². The summed E-state index contributed by atoms with van der Waals surface area (Å²) in [5, 5.41) is 0. The van der Waals surface area contributed by atoms with Crippen LogP contribution in [0.15, 0.2) is 48.5 Å². The number of amides is 1. The third-order valence-corrected chi connectivity index (χ3v) is 5.75. The van der Waals surface area contributed by atoms with Crippen molar-refractivity contribution in [3.8, 4) is 0 Å². The van der Waals surface area contributed by atoms with Gasteiger partial charge in [0.05, 0.1) is 23.8 Å². The molecule has 1 heterocycles. The van der Waals surface area contributed by atoms with E-state index >= 15 is 0 Å². The predicted molar refractivity (Wildman–Crippen MR) is 106 cm³/mol. The van der Waals surface area contributed by atoms with E-state index < -0.39 is 29.6 Å². The molecule has 0 aromatic heterocycles. The van der Waals surface area contributed by atoms with Gasteiger partial charge in [-0.3, -0.25) is 4.79 Å². The number of hydrogen-bond acceptors (Lipinski definition) is 2. The molecule has 1 aliphatic rings. The van der Waals surface area contributed by atoms with Crippen molar-refractivity contribution in [3.63, 3.8) is 0 Å². The molecule has 2 unspecified atom stereocenters. The minimum absolute atomic E-state index is 0.0421. The molecule has 0 saturated carbocycles. The highest BCUT2D eigenvalue weighted by Crippen LogP contribution is 2.39. The highest BCUT2D eigenvalue weighted by molar-refractivity contribution is 5.73. The maximum Gasteiger partial charge on any atom is 0.416 e. The summed E-state index contributed by atoms with van der Waals surface area (Å²) >= 11 is 0. The summed E-state index contributed by atoms with van der Waals surface area (Å²) in [5.74, 6) is -0.287. The monoisotopic (exact) mass is 459 g/mol. The van der Waals surface area contributed by atoms with Crippen molar-refractivity contribution < 1.29 is 35.9 Å². The Bertz CT molecular complexity index is 909. The number of alkyl halides is 6. The van der Waals surface area contributed by atoms with Gasteiger partial charge < -0.3 is 9.64 Å². The minimum Gasteiger partial charge on any atom is -0.373 e. The van der Waals surface area contributed by atoms with Crippen molar-refractivity contribution >= 4 is 5.91 Å². The van der Waals surface area contributed by atoms with Gasteiger partial charge in [0.1, 0.15) is 0 Å². The molecule has 9 heteroatoms. The fourth-order valence-electron chi connectivity index (χ4n) is 3.95. The third kappa shape index (κ3) is 5.62. The Morgan fingerprint density at radius 2 is 1.56 bits per heavy atom. The second-order valence-corrected chi connectivity index (χ2v) is 8.02. The number of ether oxygens (including phenoxy) is 1. The second-order valence-electron chi connectivity index (χ2n) is 8.02. The van der Waals surface area contributed by atoms with Crippen LogP contribution in [0.3, 0.4) is 0 Å². The third-order valence-electron chi connectivity index (χ3n) is 5.75. The first-order chi connectivity index (χ1) is 14.9. The Balaban J connectivity index is 1.80. The van der Waals surface area contributed by atoms with Crippen molar-refractivity contribution in [1.29, 1.82) is 0 Å². The molecule has 32 heavy (non-hydrogen) atoms. The van der Waals surface area contributed by atoms with E-state index in [-0.39, 0.29) is 36.0 Å². The number of hydrogen-bond donors (Lipinski definition) is 0. The summed E-state index contributed by atoms with van der Waals surface area (Å²) in [6.07, 6.45) is -10.8. The van der Waals surface area contributed by atoms with Crippen molar-refractivity contribution in [2.75, 3.05) is 19.7 Å². The molecule has 0 spiro atoms. The Labute approximate surface area is 182 Å². The number of nitrogens with zero attached hydrogens (tertiary/aromatic N) is 1. The van der Waals surface area contributed by atoms with Gasteiger partial charge >= 0.3 is 12.4 Å². The number of halogens is 6. The first-order valence-corrected chi connectivity index (χ1v) is 10.1. The molecule has 3 atom stereocenters. The summed E-state index contributed by atoms with van der Waals surface area (Å²) in [5.41, 5.74) is -1.95. The van der Waals surface area contributed by atoms with Gasteiger partial charge in [-0.05, 0) is 36.2 Å². The van der Waals surface area contributed by atoms with Crippen LogP contribution in [0.1, 0.15) is 48.1 Å². The number of likely N-dealkylation sites (tertiary alicyclic amines) is 1. The SMILES string of the molecule is CC(=O)N1CC(c2ccccc2)[C@H](COC(C)c2cc(C(F)(F)F)cc(C(F)(F)F)c2)C1. The second kappa shape index (κ2) is 9.13. The number of carbonyl (C=O) groups is 1. The van der Waals surface area contributed by atoms with Crippen LogP contribution in [0.4, 0.5) is 26.3 Å². The van der Waals surface area contributed by atoms with Crippen LogP contribution in [0.2, 0.25) is 0 Å². The van der Waals surface area contributed by atoms with Crippen LogP contribution in [0.5, 0.6) is 0 Å². The lowest BCUT2D eigenvalue weighted by Crippen LogP contribution is -2.26. The molecule has 0 bridgehead atoms. The van der Waals surface area contributed by atoms with E-state index in [2.05, 4.69) is 0 Å². The Morgan fingerprint density at radius 1 is 1.00 bits per heavy atom. The zero-order valence-electron chi connectivity index (χ0n) is 17.5. The molecule has 0 aliphatic carbocycles. The molecule has 1 aliphatic heterocycles. The van der Waals surface area contributed by atoms with Crippen LogP contribution in [-0.2, 0) is 21.9 Å². The highest BCUT2D eigenvalue weighted by atomic mass is 19.4. The van der Waals surface area contributed by atoms with Gasteiger partial charge in [0, 0.05) is 31.8 Å². The van der Waals surface area contributed by atoms with Crippen molar-refractivity contribution in [1.82, 2.24) is 4.90 Å². The molecule has 1 fully saturated rings. The quantitative estimate of drug-likeness (QED) is 0.509. The molecule has 0 radical (unpaired) electrons. The highest BCUT2D eigenvalue weighted by Gasteiger charge is 2.38. The van der Waals surface area contributed by atoms with E-state index in [1.165, 1.54) is 13.8 Å². The average Bonchev–Trinajstić information content (AvgIpc) is 3.15. The number of rotatable bonds is 5. The minimum atomic E-state index is -4.92. The maximum absolute atomic E-state index is 13.1. The van der Waals surface area contributed by atoms with E-state index in [1.54, 1.807) is 4.90 Å². The van der Waals surface area contributed by atoms with Crippen LogP contribution in [0, 0.1) is 5.92 Å². The Morgan fingerprint density at radius 3 is 2.06 bits per heavy atom. The summed E-state index contributed by atoms with van der Waals surface area (Å²) in [7, 11) is 0. The first kappa shape index (κ1) is 24.1. The van der Waals surface area contributed by atoms with Gasteiger partial charge in [-0.1, -0.05) is 30.3 Å². The van der Waals surface area contributed by atoms with Crippen molar-refractivity contribution in [2.24, 2.45) is 5.92 Å². The Hall–Kier alpha value is -2.55. The molecule has 1 saturated heterocycles. The van der Waals surface area contributed by atoms with E-state index in [4.69, 9.17) is 4.74 Å². The zero-order valence-corrected chi connectivity index (χ0v) is 17.5. The molecule has 2 aromatic rings. The lowest BCUT2D eigenvalue weighted by molar-refractivity contribution is -0.143. The van der Waals surface area contributed by atoms with Crippen LogP contribution in [0.25, 0.3) is 0 Å². The topological polar surface area (TPSA) is 29.5 Å². The lowest BCUT2D eigenvalue weighted by Gasteiger charge is -2.22. The van der Waals surface area contributed by atoms with Crippen LogP contribution < -0.4 is 0 Å². The average molecular weight is 459 g/mol. The molecule has 3 rings (SSSR count). The predicted octanol–water partition coefficient (Wildman–Crippen LogP) is 6.06. The summed E-state index contributed by atoms with van der Waals surface area (Å²) in [6.45, 7) is 3.84. The smallest absolute Gasteiger partial charge is 0.373 e. The lowest BCUT2D eigenvalue weighted by atomic mass is 9.89. The van der Waals surface area contributed by atoms with Gasteiger partial charge in [0.25, 0.3) is 0 Å². The van der Waals surface area contributed by atoms with Crippen LogP contribution in [-0.4, -0.2) is 30.5 Å². The normalized spacial score (nSPS) is 20.4. The molecule has 2 aromatic carbocycles. The van der Waals surface area contributed by atoms with Gasteiger partial charge in [-0.2, -0.15) is 26.3 Å². The number of benzene rings is 2. The molecule has 0 N–H and O–H groups in total. The zero-order chi connectivity index (χ0) is 23.7. The van der Waals surface area contributed by atoms with Gasteiger partial charge in [-0.15, -0.1) is 0 Å². The van der Waals surface area contributed by atoms with Crippen molar-refractivity contribution in [2.45, 2.75) is 38.2 Å². The largest absolute Gasteiger partial charge is 0.416 e. The van der Waals surface area contributed by atoms with Crippen molar-refractivity contribution in [3.05, 3.63) is 70.8 Å². The first-order valence-electron chi connectivity index (χ1n) is 10.1. The van der Waals surface area contributed by atoms with E-state index in [0.29, 0.717) is 25.2 Å². The summed E-state index contributed by atoms with van der Waals surface area (Å²) < 4.78 is 84.6. The number of carbonyl (C=O) groups excluding carboxylic acids is 1. The molecule has 1 amide bonds. The molecular weight excluding hydrogens is 436 g/mol. The maximum atomic E-state index is 13.1. The fraction of sp³-hybridized carbons (Fsp3) is 0.435. The Kier molecular flexibility index (Phi) is 6.88. The molecule has 174 valence electrons. The van der Waals surface area contributed by atoms with E-state index in [1.807, 2.05) is 30.3 Å². The summed E-state index contributed by atoms with van der Waals surface area (Å²) in [4.78, 5) is 13.5. The molecular formula is C23H23F6NO2. The standard InChI is InChI=1S/C23H23F6NO2/c1-14(17-8-19(22(24,25)26)10-20(9-17)23(27,28)29)32-13-18-11-30(15(2)31)12-21(18)16-6-4-3-5-7-16/h3-10,14,18,21H,11-13H2,1-2H3/t14?,18-,21?/m0/s1. The fourth-order valence-corrected chi connectivity index (χ4v) is 3.95. The van der Waals surface area contributed by atoms with Gasteiger partial charge in [0.15, 0.2) is 0 Å². The van der Waals surface area contributed by atoms with Gasteiger partial charge in [-0.25, -0.2) is 0 Å². The summed E-state index contributed by atoms with van der Waals surface area (Å²) in [6, 6.07) is 10.9. The van der Waals surface area contributed by atoms with E-state index in [0.717, 1.165) is 5.56 Å².